The molecule has 39 heavy (non-hydrogen) atoms. The maximum Gasteiger partial charge on any atom is 0.417 e. The summed E-state index contributed by atoms with van der Waals surface area (Å²) in [6.45, 7) is -0.229. The van der Waals surface area contributed by atoms with Gasteiger partial charge in [0.05, 0.1) is 37.0 Å². The van der Waals surface area contributed by atoms with E-state index >= 15 is 0 Å². The smallest absolute Gasteiger partial charge is 0.417 e. The summed E-state index contributed by atoms with van der Waals surface area (Å²) in [7, 11) is 1.40. The number of benzene rings is 1. The van der Waals surface area contributed by atoms with Crippen molar-refractivity contribution in [2.45, 2.75) is 19.1 Å². The van der Waals surface area contributed by atoms with Crippen molar-refractivity contribution in [2.75, 3.05) is 13.7 Å². The highest BCUT2D eigenvalue weighted by atomic mass is 35.5. The van der Waals surface area contributed by atoms with Gasteiger partial charge in [-0.15, -0.1) is 0 Å². The Balaban J connectivity index is 1.37. The van der Waals surface area contributed by atoms with Gasteiger partial charge in [0.25, 0.3) is 11.8 Å². The summed E-state index contributed by atoms with van der Waals surface area (Å²) in [6, 6.07) is 3.91. The van der Waals surface area contributed by atoms with Crippen LogP contribution in [0.25, 0.3) is 0 Å². The van der Waals surface area contributed by atoms with Gasteiger partial charge in [0.15, 0.2) is 5.82 Å². The molecule has 9 nitrogen and oxygen atoms in total. The van der Waals surface area contributed by atoms with E-state index in [1.807, 2.05) is 0 Å². The Kier molecular flexibility index (Phi) is 8.24. The number of hydrogen-bond donors (Lipinski definition) is 0. The normalized spacial score (nSPS) is 11.4. The SMILES string of the molecule is COc1ncc(Cn2cc(F)c(OCCc3cnc(Oc4ccc(Cl)c(C(F)(F)F)c4)c(F)c3)nc2=O)cn1. The van der Waals surface area contributed by atoms with Gasteiger partial charge < -0.3 is 14.2 Å². The molecule has 0 aliphatic carbocycles. The predicted octanol–water partition coefficient (Wildman–Crippen LogP) is 4.85. The molecule has 15 heteroatoms. The third-order valence-electron chi connectivity index (χ3n) is 5.08. The Hall–Kier alpha value is -4.33. The molecule has 0 bridgehead atoms. The molecule has 3 aromatic heterocycles. The van der Waals surface area contributed by atoms with Crippen molar-refractivity contribution in [3.63, 3.8) is 0 Å². The maximum atomic E-state index is 14.5. The van der Waals surface area contributed by atoms with Gasteiger partial charge in [0, 0.05) is 30.6 Å². The van der Waals surface area contributed by atoms with Gasteiger partial charge in [0.2, 0.25) is 5.82 Å². The average molecular weight is 570 g/mol. The molecule has 0 unspecified atom stereocenters. The third-order valence-corrected chi connectivity index (χ3v) is 5.41. The molecule has 0 atom stereocenters. The van der Waals surface area contributed by atoms with E-state index in [9.17, 15) is 26.7 Å². The Morgan fingerprint density at radius 1 is 0.974 bits per heavy atom. The second kappa shape index (κ2) is 11.6. The lowest BCUT2D eigenvalue weighted by atomic mass is 10.2. The third kappa shape index (κ3) is 6.96. The van der Waals surface area contributed by atoms with Crippen molar-refractivity contribution in [3.8, 4) is 23.5 Å². The van der Waals surface area contributed by atoms with Crippen molar-refractivity contribution in [3.05, 3.63) is 92.9 Å². The second-order valence-electron chi connectivity index (χ2n) is 7.85. The van der Waals surface area contributed by atoms with Gasteiger partial charge in [-0.25, -0.2) is 24.1 Å². The zero-order chi connectivity index (χ0) is 28.2. The summed E-state index contributed by atoms with van der Waals surface area (Å²) in [6.07, 6.45) is 0.275. The molecule has 4 rings (SSSR count). The fourth-order valence-corrected chi connectivity index (χ4v) is 3.46. The van der Waals surface area contributed by atoms with Crippen LogP contribution in [0.1, 0.15) is 16.7 Å². The summed E-state index contributed by atoms with van der Waals surface area (Å²) in [5, 5.41) is -0.534. The zero-order valence-electron chi connectivity index (χ0n) is 19.9. The number of ether oxygens (including phenoxy) is 3. The number of alkyl halides is 3. The monoisotopic (exact) mass is 569 g/mol. The van der Waals surface area contributed by atoms with Crippen molar-refractivity contribution < 1.29 is 36.2 Å². The summed E-state index contributed by atoms with van der Waals surface area (Å²) in [4.78, 5) is 27.5. The Labute approximate surface area is 221 Å². The Morgan fingerprint density at radius 3 is 2.36 bits per heavy atom. The highest BCUT2D eigenvalue weighted by molar-refractivity contribution is 6.31. The summed E-state index contributed by atoms with van der Waals surface area (Å²) < 4.78 is 84.2. The number of nitrogens with zero attached hydrogens (tertiary/aromatic N) is 5. The quantitative estimate of drug-likeness (QED) is 0.264. The van der Waals surface area contributed by atoms with Crippen LogP contribution in [0.15, 0.2) is 53.8 Å². The molecule has 0 saturated carbocycles. The predicted molar refractivity (Wildman–Crippen MR) is 126 cm³/mol. The van der Waals surface area contributed by atoms with Crippen LogP contribution in [0.2, 0.25) is 5.02 Å². The van der Waals surface area contributed by atoms with E-state index in [0.717, 1.165) is 29.0 Å². The second-order valence-corrected chi connectivity index (χ2v) is 8.26. The Morgan fingerprint density at radius 2 is 1.69 bits per heavy atom. The molecule has 0 saturated heterocycles. The van der Waals surface area contributed by atoms with Crippen LogP contribution in [0.3, 0.4) is 0 Å². The Bertz CT molecular complexity index is 1530. The van der Waals surface area contributed by atoms with E-state index in [1.54, 1.807) is 0 Å². The van der Waals surface area contributed by atoms with Crippen LogP contribution < -0.4 is 19.9 Å². The molecule has 0 fully saturated rings. The molecule has 0 aliphatic rings. The molecule has 4 aromatic rings. The molecule has 0 amide bonds. The zero-order valence-corrected chi connectivity index (χ0v) is 20.6. The molecule has 0 aliphatic heterocycles. The van der Waals surface area contributed by atoms with Gasteiger partial charge >= 0.3 is 17.9 Å². The highest BCUT2D eigenvalue weighted by Gasteiger charge is 2.33. The van der Waals surface area contributed by atoms with E-state index in [2.05, 4.69) is 19.9 Å². The average Bonchev–Trinajstić information content (AvgIpc) is 2.89. The van der Waals surface area contributed by atoms with Crippen LogP contribution in [0, 0.1) is 11.6 Å². The molecule has 0 N–H and O–H groups in total. The van der Waals surface area contributed by atoms with E-state index in [4.69, 9.17) is 25.8 Å². The van der Waals surface area contributed by atoms with Gasteiger partial charge in [0.1, 0.15) is 5.75 Å². The minimum atomic E-state index is -4.72. The fraction of sp³-hybridized carbons (Fsp3) is 0.208. The van der Waals surface area contributed by atoms with Crippen LogP contribution in [0.4, 0.5) is 22.0 Å². The first-order valence-electron chi connectivity index (χ1n) is 11.0. The minimum absolute atomic E-state index is 0.0385. The van der Waals surface area contributed by atoms with Crippen molar-refractivity contribution in [1.82, 2.24) is 24.5 Å². The number of methoxy groups -OCH3 is 1. The number of halogens is 6. The largest absolute Gasteiger partial charge is 0.475 e. The molecule has 0 spiro atoms. The standard InChI is InChI=1S/C24H17ClF5N5O4/c1-37-22-32-9-14(10-33-22)11-35-12-19(27)21(34-23(35)36)38-5-4-13-6-18(26)20(31-8-13)39-15-2-3-17(25)16(7-15)24(28,29)30/h2-3,6-10,12H,4-5,11H2,1H3. The van der Waals surface area contributed by atoms with Crippen molar-refractivity contribution in [1.29, 1.82) is 0 Å². The van der Waals surface area contributed by atoms with Crippen LogP contribution in [-0.4, -0.2) is 38.2 Å². The highest BCUT2D eigenvalue weighted by Crippen LogP contribution is 2.37. The van der Waals surface area contributed by atoms with Crippen molar-refractivity contribution >= 4 is 11.6 Å². The lowest BCUT2D eigenvalue weighted by Crippen LogP contribution is -2.25. The lowest BCUT2D eigenvalue weighted by Gasteiger charge is -2.12. The topological polar surface area (TPSA) is 101 Å². The summed E-state index contributed by atoms with van der Waals surface area (Å²) in [5.74, 6) is -3.28. The molecular weight excluding hydrogens is 553 g/mol. The number of pyridine rings is 1. The van der Waals surface area contributed by atoms with Crippen molar-refractivity contribution in [2.24, 2.45) is 0 Å². The first-order chi connectivity index (χ1) is 18.5. The number of aromatic nitrogens is 5. The first-order valence-corrected chi connectivity index (χ1v) is 11.3. The lowest BCUT2D eigenvalue weighted by molar-refractivity contribution is -0.137. The van der Waals surface area contributed by atoms with E-state index < -0.39 is 45.8 Å². The molecule has 0 radical (unpaired) electrons. The van der Waals surface area contributed by atoms with E-state index in [0.29, 0.717) is 17.2 Å². The molecule has 1 aromatic carbocycles. The first kappa shape index (κ1) is 27.7. The van der Waals surface area contributed by atoms with Gasteiger partial charge in [-0.1, -0.05) is 11.6 Å². The van der Waals surface area contributed by atoms with Gasteiger partial charge in [-0.3, -0.25) is 4.57 Å². The fourth-order valence-electron chi connectivity index (χ4n) is 3.23. The number of rotatable bonds is 9. The van der Waals surface area contributed by atoms with Crippen LogP contribution in [-0.2, 0) is 19.1 Å². The summed E-state index contributed by atoms with van der Waals surface area (Å²) in [5.41, 5.74) is -1.11. The molecule has 204 valence electrons. The molecular formula is C24H17ClF5N5O4. The van der Waals surface area contributed by atoms with E-state index in [-0.39, 0.29) is 31.3 Å². The number of hydrogen-bond acceptors (Lipinski definition) is 8. The van der Waals surface area contributed by atoms with Gasteiger partial charge in [-0.2, -0.15) is 22.5 Å². The van der Waals surface area contributed by atoms with E-state index in [1.165, 1.54) is 25.7 Å². The maximum absolute atomic E-state index is 14.5. The van der Waals surface area contributed by atoms with Gasteiger partial charge in [-0.05, 0) is 29.8 Å². The van der Waals surface area contributed by atoms with Crippen LogP contribution in [0.5, 0.6) is 23.5 Å². The minimum Gasteiger partial charge on any atom is -0.475 e. The summed E-state index contributed by atoms with van der Waals surface area (Å²) >= 11 is 5.57. The van der Waals surface area contributed by atoms with Crippen LogP contribution >= 0.6 is 11.6 Å². The molecule has 3 heterocycles.